The van der Waals surface area contributed by atoms with Gasteiger partial charge in [-0.15, -0.1) is 0 Å². The minimum Gasteiger partial charge on any atom is -0.396 e. The van der Waals surface area contributed by atoms with E-state index >= 15 is 0 Å². The van der Waals surface area contributed by atoms with Crippen LogP contribution in [0.2, 0.25) is 0 Å². The summed E-state index contributed by atoms with van der Waals surface area (Å²) in [5.41, 5.74) is 0.202. The van der Waals surface area contributed by atoms with Crippen LogP contribution in [0.3, 0.4) is 0 Å². The maximum Gasteiger partial charge on any atom is 0.289 e. The van der Waals surface area contributed by atoms with Crippen LogP contribution in [0.4, 0.5) is 5.69 Å². The lowest BCUT2D eigenvalue weighted by atomic mass is 9.96. The molecule has 0 aliphatic heterocycles. The summed E-state index contributed by atoms with van der Waals surface area (Å²) >= 11 is 0. The normalized spacial score (nSPS) is 12.4. The summed E-state index contributed by atoms with van der Waals surface area (Å²) in [7, 11) is -4.02. The van der Waals surface area contributed by atoms with Crippen LogP contribution in [-0.4, -0.2) is 31.6 Å². The van der Waals surface area contributed by atoms with Crippen LogP contribution >= 0.6 is 0 Å². The van der Waals surface area contributed by atoms with E-state index in [2.05, 4.69) is 4.72 Å². The molecule has 0 unspecified atom stereocenters. The van der Waals surface area contributed by atoms with Crippen molar-refractivity contribution in [2.45, 2.75) is 32.6 Å². The summed E-state index contributed by atoms with van der Waals surface area (Å²) < 4.78 is 26.9. The van der Waals surface area contributed by atoms with Gasteiger partial charge in [0, 0.05) is 24.6 Å². The molecule has 0 aliphatic rings. The molecule has 0 fully saturated rings. The third-order valence-electron chi connectivity index (χ3n) is 3.23. The number of nitro groups is 1. The fourth-order valence-corrected chi connectivity index (χ4v) is 3.03. The number of aliphatic hydroxyl groups is 1. The number of nitrogens with zero attached hydrogens (tertiary/aromatic N) is 1. The Morgan fingerprint density at radius 2 is 1.81 bits per heavy atom. The predicted molar refractivity (Wildman–Crippen MR) is 78.6 cm³/mol. The Morgan fingerprint density at radius 3 is 2.29 bits per heavy atom. The van der Waals surface area contributed by atoms with Gasteiger partial charge in [-0.3, -0.25) is 10.1 Å². The smallest absolute Gasteiger partial charge is 0.289 e. The van der Waals surface area contributed by atoms with Crippen LogP contribution in [0.25, 0.3) is 0 Å². The number of hydrogen-bond donors (Lipinski definition) is 2. The van der Waals surface area contributed by atoms with Crippen LogP contribution in [0.15, 0.2) is 17.0 Å². The van der Waals surface area contributed by atoms with Gasteiger partial charge in [0.25, 0.3) is 5.69 Å². The largest absolute Gasteiger partial charge is 0.396 e. The number of sulfonamides is 1. The lowest BCUT2D eigenvalue weighted by Crippen LogP contribution is -2.36. The fourth-order valence-electron chi connectivity index (χ4n) is 1.56. The van der Waals surface area contributed by atoms with Gasteiger partial charge in [-0.25, -0.2) is 13.1 Å². The van der Waals surface area contributed by atoms with Crippen LogP contribution < -0.4 is 4.72 Å². The van der Waals surface area contributed by atoms with Crippen molar-refractivity contribution in [3.63, 3.8) is 0 Å². The molecule has 0 saturated carbocycles. The molecule has 0 saturated heterocycles. The summed E-state index contributed by atoms with van der Waals surface area (Å²) in [5.74, 6) is 0. The van der Waals surface area contributed by atoms with Gasteiger partial charge in [0.2, 0.25) is 10.0 Å². The molecule has 0 aliphatic carbocycles. The maximum atomic E-state index is 12.3. The number of aryl methyl sites for hydroxylation is 2. The Morgan fingerprint density at radius 1 is 1.29 bits per heavy atom. The third kappa shape index (κ3) is 4.23. The van der Waals surface area contributed by atoms with E-state index in [0.29, 0.717) is 11.1 Å². The van der Waals surface area contributed by atoms with E-state index in [1.807, 2.05) is 0 Å². The Hall–Kier alpha value is -1.51. The first-order valence-corrected chi connectivity index (χ1v) is 7.85. The number of hydrogen-bond acceptors (Lipinski definition) is 5. The monoisotopic (exact) mass is 316 g/mol. The van der Waals surface area contributed by atoms with Crippen LogP contribution in [0.1, 0.15) is 25.0 Å². The van der Waals surface area contributed by atoms with Crippen LogP contribution in [0, 0.1) is 29.4 Å². The zero-order chi connectivity index (χ0) is 16.4. The number of aliphatic hydroxyl groups excluding tert-OH is 1. The molecule has 21 heavy (non-hydrogen) atoms. The highest BCUT2D eigenvalue weighted by atomic mass is 32.2. The van der Waals surface area contributed by atoms with Crippen molar-refractivity contribution in [2.75, 3.05) is 13.2 Å². The second kappa shape index (κ2) is 6.08. The minimum absolute atomic E-state index is 0.0179. The van der Waals surface area contributed by atoms with Gasteiger partial charge in [-0.05, 0) is 31.0 Å². The second-order valence-electron chi connectivity index (χ2n) is 5.81. The van der Waals surface area contributed by atoms with Crippen molar-refractivity contribution < 1.29 is 18.4 Å². The topological polar surface area (TPSA) is 110 Å². The highest BCUT2D eigenvalue weighted by Gasteiger charge is 2.28. The van der Waals surface area contributed by atoms with Crippen LogP contribution in [0.5, 0.6) is 0 Å². The number of nitro benzene ring substituents is 1. The van der Waals surface area contributed by atoms with Gasteiger partial charge in [-0.2, -0.15) is 0 Å². The highest BCUT2D eigenvalue weighted by Crippen LogP contribution is 2.27. The predicted octanol–water partition coefficient (Wildman–Crippen LogP) is 1.51. The van der Waals surface area contributed by atoms with E-state index in [9.17, 15) is 18.5 Å². The van der Waals surface area contributed by atoms with Gasteiger partial charge in [0.15, 0.2) is 4.90 Å². The van der Waals surface area contributed by atoms with Crippen molar-refractivity contribution in [3.05, 3.63) is 33.4 Å². The zero-order valence-electron chi connectivity index (χ0n) is 12.5. The van der Waals surface area contributed by atoms with Crippen molar-refractivity contribution in [1.82, 2.24) is 4.72 Å². The number of nitrogens with one attached hydrogen (secondary N) is 1. The third-order valence-corrected chi connectivity index (χ3v) is 4.66. The summed E-state index contributed by atoms with van der Waals surface area (Å²) in [6.45, 7) is 6.52. The first-order valence-electron chi connectivity index (χ1n) is 6.36. The van der Waals surface area contributed by atoms with Gasteiger partial charge < -0.3 is 5.11 Å². The average Bonchev–Trinajstić information content (AvgIpc) is 2.39. The molecule has 0 spiro atoms. The molecule has 0 heterocycles. The molecule has 2 N–H and O–H groups in total. The SMILES string of the molecule is Cc1cc([N+](=O)[O-])c(S(=O)(=O)NCC(C)(C)CO)cc1C. The second-order valence-corrected chi connectivity index (χ2v) is 7.54. The van der Waals surface area contributed by atoms with Crippen molar-refractivity contribution >= 4 is 15.7 Å². The standard InChI is InChI=1S/C13H20N2O5S/c1-9-5-11(15(17)18)12(6-10(9)2)21(19,20)14-7-13(3,4)8-16/h5-6,14,16H,7-8H2,1-4H3. The maximum absolute atomic E-state index is 12.3. The van der Waals surface area contributed by atoms with E-state index in [1.54, 1.807) is 27.7 Å². The lowest BCUT2D eigenvalue weighted by molar-refractivity contribution is -0.387. The molecule has 0 aromatic heterocycles. The molecule has 0 radical (unpaired) electrons. The van der Waals surface area contributed by atoms with E-state index in [0.717, 1.165) is 0 Å². The van der Waals surface area contributed by atoms with Gasteiger partial charge in [0.05, 0.1) is 4.92 Å². The minimum atomic E-state index is -4.02. The molecule has 1 aromatic rings. The summed E-state index contributed by atoms with van der Waals surface area (Å²) in [6, 6.07) is 2.54. The first-order chi connectivity index (χ1) is 9.50. The molecule has 8 heteroatoms. The molecule has 0 amide bonds. The van der Waals surface area contributed by atoms with E-state index in [4.69, 9.17) is 5.11 Å². The first kappa shape index (κ1) is 17.5. The average molecular weight is 316 g/mol. The molecule has 118 valence electrons. The molecule has 7 nitrogen and oxygen atoms in total. The van der Waals surface area contributed by atoms with Crippen molar-refractivity contribution in [3.8, 4) is 0 Å². The summed E-state index contributed by atoms with van der Waals surface area (Å²) in [6.07, 6.45) is 0. The van der Waals surface area contributed by atoms with E-state index < -0.39 is 26.0 Å². The fraction of sp³-hybridized carbons (Fsp3) is 0.538. The Kier molecular flexibility index (Phi) is 5.08. The van der Waals surface area contributed by atoms with Crippen LogP contribution in [-0.2, 0) is 10.0 Å². The molecular weight excluding hydrogens is 296 g/mol. The Bertz CT molecular complexity index is 653. The van der Waals surface area contributed by atoms with Gasteiger partial charge in [0.1, 0.15) is 0 Å². The number of benzene rings is 1. The molecule has 1 rings (SSSR count). The highest BCUT2D eigenvalue weighted by molar-refractivity contribution is 7.89. The van der Waals surface area contributed by atoms with Crippen molar-refractivity contribution in [1.29, 1.82) is 0 Å². The lowest BCUT2D eigenvalue weighted by Gasteiger charge is -2.21. The Balaban J connectivity index is 3.25. The van der Waals surface area contributed by atoms with E-state index in [-0.39, 0.29) is 18.0 Å². The molecule has 0 bridgehead atoms. The van der Waals surface area contributed by atoms with Gasteiger partial charge >= 0.3 is 0 Å². The molecule has 1 aromatic carbocycles. The Labute approximate surface area is 124 Å². The van der Waals surface area contributed by atoms with E-state index in [1.165, 1.54) is 12.1 Å². The molecule has 0 atom stereocenters. The zero-order valence-corrected chi connectivity index (χ0v) is 13.3. The quantitative estimate of drug-likeness (QED) is 0.610. The molecular formula is C13H20N2O5S. The number of rotatable bonds is 6. The summed E-state index contributed by atoms with van der Waals surface area (Å²) in [5, 5.41) is 20.2. The summed E-state index contributed by atoms with van der Waals surface area (Å²) in [4.78, 5) is 10.00. The van der Waals surface area contributed by atoms with Crippen molar-refractivity contribution in [2.24, 2.45) is 5.41 Å². The van der Waals surface area contributed by atoms with Gasteiger partial charge in [-0.1, -0.05) is 13.8 Å².